The second kappa shape index (κ2) is 6.05. The fraction of sp³-hybridized carbons (Fsp3) is 0.571. The van der Waals surface area contributed by atoms with Crippen LogP contribution in [0.2, 0.25) is 0 Å². The highest BCUT2D eigenvalue weighted by molar-refractivity contribution is 7.27. The van der Waals surface area contributed by atoms with Gasteiger partial charge in [-0.25, -0.2) is 4.79 Å². The lowest BCUT2D eigenvalue weighted by Crippen LogP contribution is -2.05. The van der Waals surface area contributed by atoms with Crippen LogP contribution >= 0.6 is 8.46 Å². The van der Waals surface area contributed by atoms with Gasteiger partial charge in [-0.1, -0.05) is 6.92 Å². The Hall–Kier alpha value is -0.690. The van der Waals surface area contributed by atoms with Crippen molar-refractivity contribution in [1.82, 2.24) is 0 Å². The van der Waals surface area contributed by atoms with E-state index in [9.17, 15) is 9.36 Å². The lowest BCUT2D eigenvalue weighted by molar-refractivity contribution is -0.138. The van der Waals surface area contributed by atoms with E-state index in [0.717, 1.165) is 6.42 Å². The molecule has 0 heterocycles. The molecule has 0 unspecified atom stereocenters. The number of carbonyl (C=O) groups excluding carboxylic acids is 1. The lowest BCUT2D eigenvalue weighted by Gasteiger charge is -2.00. The van der Waals surface area contributed by atoms with Crippen molar-refractivity contribution >= 4 is 14.4 Å². The van der Waals surface area contributed by atoms with Gasteiger partial charge >= 0.3 is 5.97 Å². The van der Waals surface area contributed by atoms with Crippen LogP contribution in [0.25, 0.3) is 0 Å². The Balaban J connectivity index is 3.82. The molecule has 0 radical (unpaired) electrons. The van der Waals surface area contributed by atoms with Crippen molar-refractivity contribution in [3.8, 4) is 0 Å². The van der Waals surface area contributed by atoms with Crippen LogP contribution in [0.1, 0.15) is 20.3 Å². The molecule has 0 aromatic carbocycles. The minimum atomic E-state index is -0.393. The van der Waals surface area contributed by atoms with E-state index in [1.807, 2.05) is 6.92 Å². The third kappa shape index (κ3) is 4.68. The van der Waals surface area contributed by atoms with Crippen LogP contribution in [0.15, 0.2) is 11.4 Å². The molecule has 4 heteroatoms. The van der Waals surface area contributed by atoms with E-state index < -0.39 is 5.97 Å². The van der Waals surface area contributed by atoms with Gasteiger partial charge in [-0.05, 0) is 13.3 Å². The predicted molar refractivity (Wildman–Crippen MR) is 42.6 cm³/mol. The number of carbonyl (C=O) groups is 1. The summed E-state index contributed by atoms with van der Waals surface area (Å²) in [5.41, 5.74) is 0.384. The quantitative estimate of drug-likeness (QED) is 0.372. The Labute approximate surface area is 67.6 Å². The summed E-state index contributed by atoms with van der Waals surface area (Å²) in [5.74, 6) is 0.896. The second-order valence-electron chi connectivity index (χ2n) is 2.05. The molecule has 11 heavy (non-hydrogen) atoms. The van der Waals surface area contributed by atoms with Gasteiger partial charge in [0.1, 0.15) is 0 Å². The van der Waals surface area contributed by atoms with Gasteiger partial charge in [0.05, 0.1) is 6.61 Å². The summed E-state index contributed by atoms with van der Waals surface area (Å²) in [6.45, 7) is 3.90. The summed E-state index contributed by atoms with van der Waals surface area (Å²) < 4.78 is 14.8. The van der Waals surface area contributed by atoms with Crippen molar-refractivity contribution in [2.45, 2.75) is 20.3 Å². The standard InChI is InChI=1S/C7H11O3P/c1-3-4-10-7(8)6(2)5-11-9/h5H,3-4H2,1-2H3. The van der Waals surface area contributed by atoms with Crippen LogP contribution in [0.5, 0.6) is 0 Å². The average molecular weight is 174 g/mol. The molecule has 0 amide bonds. The molecule has 0 saturated heterocycles. The van der Waals surface area contributed by atoms with Crippen molar-refractivity contribution in [2.24, 2.45) is 0 Å². The van der Waals surface area contributed by atoms with Crippen molar-refractivity contribution in [1.29, 1.82) is 0 Å². The van der Waals surface area contributed by atoms with Crippen LogP contribution in [-0.2, 0) is 14.1 Å². The maximum Gasteiger partial charge on any atom is 0.334 e. The van der Waals surface area contributed by atoms with E-state index in [0.29, 0.717) is 12.2 Å². The minimum absolute atomic E-state index is 0.159. The molecule has 0 aromatic rings. The van der Waals surface area contributed by atoms with E-state index >= 15 is 0 Å². The van der Waals surface area contributed by atoms with Gasteiger partial charge < -0.3 is 4.74 Å². The van der Waals surface area contributed by atoms with E-state index in [4.69, 9.17) is 4.74 Å². The normalized spacial score (nSPS) is 11.6. The Morgan fingerprint density at radius 2 is 2.27 bits per heavy atom. The van der Waals surface area contributed by atoms with Crippen LogP contribution < -0.4 is 0 Å². The second-order valence-corrected chi connectivity index (χ2v) is 2.52. The number of hydrogen-bond donors (Lipinski definition) is 0. The minimum Gasteiger partial charge on any atom is -0.462 e. The van der Waals surface area contributed by atoms with Gasteiger partial charge in [-0.3, -0.25) is 4.57 Å². The van der Waals surface area contributed by atoms with Crippen molar-refractivity contribution in [3.05, 3.63) is 11.4 Å². The first kappa shape index (κ1) is 10.3. The molecule has 0 rings (SSSR count). The predicted octanol–water partition coefficient (Wildman–Crippen LogP) is 2.14. The molecule has 62 valence electrons. The number of rotatable bonds is 4. The van der Waals surface area contributed by atoms with Gasteiger partial charge in [-0.15, -0.1) is 0 Å². The number of ether oxygens (including phenoxy) is 1. The van der Waals surface area contributed by atoms with Crippen molar-refractivity contribution in [2.75, 3.05) is 6.61 Å². The third-order valence-electron chi connectivity index (χ3n) is 1.01. The Morgan fingerprint density at radius 3 is 2.73 bits per heavy atom. The van der Waals surface area contributed by atoms with E-state index in [1.165, 1.54) is 5.82 Å². The summed E-state index contributed by atoms with van der Waals surface area (Å²) in [4.78, 5) is 10.9. The molecule has 0 aromatic heterocycles. The third-order valence-corrected chi connectivity index (χ3v) is 1.50. The number of hydrogen-bond acceptors (Lipinski definition) is 3. The van der Waals surface area contributed by atoms with Gasteiger partial charge in [-0.2, -0.15) is 0 Å². The molecular formula is C7H11O3P. The van der Waals surface area contributed by atoms with Gasteiger partial charge in [0, 0.05) is 11.4 Å². The molecule has 3 nitrogen and oxygen atoms in total. The van der Waals surface area contributed by atoms with Gasteiger partial charge in [0.15, 0.2) is 8.46 Å². The molecule has 0 N–H and O–H groups in total. The van der Waals surface area contributed by atoms with Crippen LogP contribution in [0.3, 0.4) is 0 Å². The summed E-state index contributed by atoms with van der Waals surface area (Å²) in [5, 5.41) is 0. The van der Waals surface area contributed by atoms with Crippen LogP contribution in [0, 0.1) is 0 Å². The highest BCUT2D eigenvalue weighted by Gasteiger charge is 2.03. The smallest absolute Gasteiger partial charge is 0.334 e. The van der Waals surface area contributed by atoms with Crippen molar-refractivity contribution < 1.29 is 14.1 Å². The average Bonchev–Trinajstić information content (AvgIpc) is 2.00. The molecule has 0 spiro atoms. The summed E-state index contributed by atoms with van der Waals surface area (Å²) in [6.07, 6.45) is 0.800. The molecule has 0 saturated carbocycles. The molecule has 0 aliphatic carbocycles. The summed E-state index contributed by atoms with van der Waals surface area (Å²) in [7, 11) is -0.159. The van der Waals surface area contributed by atoms with E-state index in [1.54, 1.807) is 6.92 Å². The van der Waals surface area contributed by atoms with Crippen LogP contribution in [-0.4, -0.2) is 12.6 Å². The van der Waals surface area contributed by atoms with Crippen LogP contribution in [0.4, 0.5) is 0 Å². The fourth-order valence-electron chi connectivity index (χ4n) is 0.440. The molecule has 0 atom stereocenters. The highest BCUT2D eigenvalue weighted by atomic mass is 31.1. The largest absolute Gasteiger partial charge is 0.462 e. The first-order chi connectivity index (χ1) is 5.22. The molecule has 0 bridgehead atoms. The topological polar surface area (TPSA) is 43.4 Å². The highest BCUT2D eigenvalue weighted by Crippen LogP contribution is 2.04. The van der Waals surface area contributed by atoms with Gasteiger partial charge in [0.2, 0.25) is 0 Å². The SMILES string of the molecule is CCCOC(=O)C(C)=CP=O. The molecule has 0 fully saturated rings. The zero-order valence-corrected chi connectivity index (χ0v) is 7.56. The Bertz CT molecular complexity index is 175. The lowest BCUT2D eigenvalue weighted by atomic mass is 10.4. The molecule has 0 aliphatic rings. The van der Waals surface area contributed by atoms with Crippen molar-refractivity contribution in [3.63, 3.8) is 0 Å². The maximum absolute atomic E-state index is 10.9. The molecular weight excluding hydrogens is 163 g/mol. The molecule has 0 aliphatic heterocycles. The van der Waals surface area contributed by atoms with E-state index in [2.05, 4.69) is 0 Å². The first-order valence-electron chi connectivity index (χ1n) is 3.38. The Kier molecular flexibility index (Phi) is 5.67. The summed E-state index contributed by atoms with van der Waals surface area (Å²) in [6, 6.07) is 0. The zero-order valence-electron chi connectivity index (χ0n) is 6.66. The monoisotopic (exact) mass is 174 g/mol. The van der Waals surface area contributed by atoms with Gasteiger partial charge in [0.25, 0.3) is 0 Å². The number of esters is 1. The Morgan fingerprint density at radius 1 is 1.64 bits per heavy atom. The van der Waals surface area contributed by atoms with E-state index in [-0.39, 0.29) is 8.46 Å². The zero-order chi connectivity index (χ0) is 8.69. The first-order valence-corrected chi connectivity index (χ1v) is 4.27. The fourth-order valence-corrected chi connectivity index (χ4v) is 0.704. The maximum atomic E-state index is 10.9. The summed E-state index contributed by atoms with van der Waals surface area (Å²) >= 11 is 0.